The SMILES string of the molecule is COC(=O)[C@H]1Cc2c([nH]c3ccccc23)[C@H](c2ccc(C(=O)NCCCCCCCC(=O)NCCCCCCCCCCC(=O)NC34CC5CC(CC(C5)C3)C4)cc2)N1C(=O)CCl. The van der Waals surface area contributed by atoms with Gasteiger partial charge in [0.1, 0.15) is 11.9 Å². The second-order valence-corrected chi connectivity index (χ2v) is 19.5. The predicted octanol–water partition coefficient (Wildman–Crippen LogP) is 9.20. The first-order chi connectivity index (χ1) is 30.7. The molecule has 8 rings (SSSR count). The minimum absolute atomic E-state index is 0.132. The molecule has 0 radical (unpaired) electrons. The number of halogens is 1. The van der Waals surface area contributed by atoms with E-state index in [9.17, 15) is 24.0 Å². The van der Waals surface area contributed by atoms with E-state index in [1.807, 2.05) is 36.4 Å². The summed E-state index contributed by atoms with van der Waals surface area (Å²) in [5, 5.41) is 10.6. The second kappa shape index (κ2) is 22.5. The van der Waals surface area contributed by atoms with Crippen LogP contribution in [0.25, 0.3) is 10.9 Å². The van der Waals surface area contributed by atoms with Crippen molar-refractivity contribution in [1.29, 1.82) is 0 Å². The van der Waals surface area contributed by atoms with E-state index in [1.54, 1.807) is 12.1 Å². The van der Waals surface area contributed by atoms with Gasteiger partial charge in [0.15, 0.2) is 0 Å². The monoisotopic (exact) mass is 884 g/mol. The normalized spacial score (nSPS) is 23.3. The van der Waals surface area contributed by atoms with Crippen LogP contribution in [0.5, 0.6) is 0 Å². The third kappa shape index (κ3) is 12.1. The summed E-state index contributed by atoms with van der Waals surface area (Å²) < 4.78 is 5.13. The smallest absolute Gasteiger partial charge is 0.328 e. The molecule has 1 aromatic heterocycles. The first-order valence-corrected chi connectivity index (χ1v) is 24.7. The van der Waals surface area contributed by atoms with Crippen LogP contribution in [0.3, 0.4) is 0 Å². The highest BCUT2D eigenvalue weighted by Crippen LogP contribution is 2.55. The number of fused-ring (bicyclic) bond motifs is 3. The molecule has 4 fully saturated rings. The lowest BCUT2D eigenvalue weighted by atomic mass is 9.53. The predicted molar refractivity (Wildman–Crippen MR) is 247 cm³/mol. The van der Waals surface area contributed by atoms with Crippen LogP contribution in [0.15, 0.2) is 48.5 Å². The number of hydrogen-bond acceptors (Lipinski definition) is 6. The first-order valence-electron chi connectivity index (χ1n) is 24.2. The largest absolute Gasteiger partial charge is 0.467 e. The standard InChI is InChI=1S/C51H70ClN5O6/c1-63-50(62)43-30-41-40-17-13-14-18-42(40)55-47(41)48(57(43)46(60)34-52)38-21-23-39(24-22-38)49(61)54-26-16-10-6-8-11-19-44(58)53-25-15-9-5-3-2-4-7-12-20-45(59)56-51-31-35-27-36(32-51)29-37(28-35)33-51/h13-14,17-18,21-24,35-37,43,48,55H,2-12,15-16,19-20,25-34H2,1H3,(H,53,58)(H,54,61)(H,56,59)/t35?,36?,37?,43-,48+,51?/m1/s1. The number of para-hydroxylation sites is 1. The van der Waals surface area contributed by atoms with Gasteiger partial charge in [0, 0.05) is 60.1 Å². The zero-order chi connectivity index (χ0) is 44.2. The summed E-state index contributed by atoms with van der Waals surface area (Å²) in [4.78, 5) is 69.4. The molecule has 4 amide bonds. The number of aromatic nitrogens is 1. The number of hydrogen-bond donors (Lipinski definition) is 4. The lowest BCUT2D eigenvalue weighted by Crippen LogP contribution is -2.59. The number of carbonyl (C=O) groups excluding carboxylic acids is 5. The van der Waals surface area contributed by atoms with Crippen LogP contribution in [-0.2, 0) is 30.3 Å². The van der Waals surface area contributed by atoms with E-state index in [0.717, 1.165) is 110 Å². The van der Waals surface area contributed by atoms with Crippen LogP contribution >= 0.6 is 11.6 Å². The number of unbranched alkanes of at least 4 members (excludes halogenated alkanes) is 11. The maximum Gasteiger partial charge on any atom is 0.328 e. The Morgan fingerprint density at radius 1 is 0.714 bits per heavy atom. The van der Waals surface area contributed by atoms with Crippen LogP contribution in [0.1, 0.15) is 168 Å². The van der Waals surface area contributed by atoms with Gasteiger partial charge in [-0.15, -0.1) is 11.6 Å². The number of amides is 4. The third-order valence-corrected chi connectivity index (χ3v) is 14.7. The summed E-state index contributed by atoms with van der Waals surface area (Å²) in [6.45, 7) is 1.30. The highest BCUT2D eigenvalue weighted by atomic mass is 35.5. The maximum atomic E-state index is 13.3. The van der Waals surface area contributed by atoms with Crippen molar-refractivity contribution in [1.82, 2.24) is 25.8 Å². The number of carbonyl (C=O) groups is 5. The van der Waals surface area contributed by atoms with Crippen LogP contribution < -0.4 is 16.0 Å². The van der Waals surface area contributed by atoms with E-state index in [1.165, 1.54) is 76.2 Å². The molecule has 11 nitrogen and oxygen atoms in total. The molecule has 2 heterocycles. The number of esters is 1. The number of benzene rings is 2. The number of ether oxygens (including phenoxy) is 1. The Bertz CT molecular complexity index is 2000. The van der Waals surface area contributed by atoms with Gasteiger partial charge in [0.25, 0.3) is 5.91 Å². The quantitative estimate of drug-likeness (QED) is 0.0401. The van der Waals surface area contributed by atoms with Gasteiger partial charge in [0.2, 0.25) is 17.7 Å². The van der Waals surface area contributed by atoms with Gasteiger partial charge in [0.05, 0.1) is 13.2 Å². The number of nitrogens with zero attached hydrogens (tertiary/aromatic N) is 1. The Kier molecular flexibility index (Phi) is 16.6. The molecule has 2 atom stereocenters. The molecule has 4 saturated carbocycles. The van der Waals surface area contributed by atoms with Crippen LogP contribution in [-0.4, -0.2) is 77.1 Å². The topological polar surface area (TPSA) is 150 Å². The summed E-state index contributed by atoms with van der Waals surface area (Å²) >= 11 is 6.08. The third-order valence-electron chi connectivity index (χ3n) is 14.5. The average Bonchev–Trinajstić information content (AvgIpc) is 3.65. The molecule has 12 heteroatoms. The van der Waals surface area contributed by atoms with E-state index in [0.29, 0.717) is 31.4 Å². The van der Waals surface area contributed by atoms with Gasteiger partial charge < -0.3 is 30.6 Å². The Morgan fingerprint density at radius 2 is 1.27 bits per heavy atom. The Balaban J connectivity index is 0.703. The molecule has 4 aliphatic carbocycles. The first kappa shape index (κ1) is 46.6. The Hall–Kier alpha value is -4.38. The molecule has 0 spiro atoms. The molecular formula is C51H70ClN5O6. The van der Waals surface area contributed by atoms with Gasteiger partial charge in [-0.05, 0) is 111 Å². The molecule has 4 N–H and O–H groups in total. The molecule has 0 saturated heterocycles. The van der Waals surface area contributed by atoms with Crippen molar-refractivity contribution in [2.75, 3.05) is 26.1 Å². The van der Waals surface area contributed by atoms with Crippen LogP contribution in [0.4, 0.5) is 0 Å². The number of H-pyrrole nitrogens is 1. The van der Waals surface area contributed by atoms with Gasteiger partial charge in [-0.3, -0.25) is 19.2 Å². The van der Waals surface area contributed by atoms with Crippen molar-refractivity contribution in [3.8, 4) is 0 Å². The van der Waals surface area contributed by atoms with E-state index >= 15 is 0 Å². The summed E-state index contributed by atoms with van der Waals surface area (Å²) in [6.07, 6.45) is 23.2. The fourth-order valence-corrected chi connectivity index (χ4v) is 11.9. The number of alkyl halides is 1. The lowest BCUT2D eigenvalue weighted by Gasteiger charge is -2.56. The minimum atomic E-state index is -0.848. The van der Waals surface area contributed by atoms with E-state index < -0.39 is 18.1 Å². The number of nitrogens with one attached hydrogen (secondary N) is 4. The molecule has 3 aromatic rings. The maximum absolute atomic E-state index is 13.3. The summed E-state index contributed by atoms with van der Waals surface area (Å²) in [7, 11) is 1.32. The minimum Gasteiger partial charge on any atom is -0.467 e. The van der Waals surface area contributed by atoms with Crippen molar-refractivity contribution in [3.63, 3.8) is 0 Å². The number of methoxy groups -OCH3 is 1. The molecule has 5 aliphatic rings. The van der Waals surface area contributed by atoms with Gasteiger partial charge in [-0.2, -0.15) is 0 Å². The summed E-state index contributed by atoms with van der Waals surface area (Å²) in [5.41, 5.74) is 4.07. The molecule has 4 bridgehead atoms. The van der Waals surface area contributed by atoms with Gasteiger partial charge in [-0.25, -0.2) is 4.79 Å². The van der Waals surface area contributed by atoms with Crippen molar-refractivity contribution >= 4 is 52.1 Å². The van der Waals surface area contributed by atoms with Gasteiger partial charge >= 0.3 is 5.97 Å². The van der Waals surface area contributed by atoms with E-state index in [2.05, 4.69) is 20.9 Å². The Morgan fingerprint density at radius 3 is 1.87 bits per heavy atom. The lowest BCUT2D eigenvalue weighted by molar-refractivity contribution is -0.154. The van der Waals surface area contributed by atoms with Crippen molar-refractivity contribution in [2.24, 2.45) is 17.8 Å². The van der Waals surface area contributed by atoms with Crippen LogP contribution in [0, 0.1) is 17.8 Å². The number of aromatic amines is 1. The molecule has 0 unspecified atom stereocenters. The second-order valence-electron chi connectivity index (χ2n) is 19.2. The average molecular weight is 885 g/mol. The zero-order valence-corrected chi connectivity index (χ0v) is 38.2. The van der Waals surface area contributed by atoms with Crippen molar-refractivity contribution in [2.45, 2.75) is 159 Å². The van der Waals surface area contributed by atoms with E-state index in [4.69, 9.17) is 16.3 Å². The fraction of sp³-hybridized carbons (Fsp3) is 0.627. The molecule has 1 aliphatic heterocycles. The zero-order valence-electron chi connectivity index (χ0n) is 37.5. The summed E-state index contributed by atoms with van der Waals surface area (Å²) in [5.74, 6) is 1.66. The highest BCUT2D eigenvalue weighted by molar-refractivity contribution is 6.27. The van der Waals surface area contributed by atoms with E-state index in [-0.39, 0.29) is 35.0 Å². The van der Waals surface area contributed by atoms with Crippen molar-refractivity contribution < 1.29 is 28.7 Å². The molecular weight excluding hydrogens is 814 g/mol. The molecule has 342 valence electrons. The Labute approximate surface area is 378 Å². The molecule has 63 heavy (non-hydrogen) atoms. The molecule has 2 aromatic carbocycles. The summed E-state index contributed by atoms with van der Waals surface area (Å²) in [6, 6.07) is 13.5. The van der Waals surface area contributed by atoms with Crippen molar-refractivity contribution in [3.05, 3.63) is 70.9 Å². The fourth-order valence-electron chi connectivity index (χ4n) is 11.8. The number of rotatable bonds is 24. The van der Waals surface area contributed by atoms with Gasteiger partial charge in [-0.1, -0.05) is 88.1 Å². The van der Waals surface area contributed by atoms with Crippen LogP contribution in [0.2, 0.25) is 0 Å². The highest BCUT2D eigenvalue weighted by Gasteiger charge is 2.51.